The van der Waals surface area contributed by atoms with Gasteiger partial charge in [-0.05, 0) is 19.4 Å². The molecular formula is C19H24N4O4. The Morgan fingerprint density at radius 2 is 1.85 bits per heavy atom. The molecule has 0 unspecified atom stereocenters. The summed E-state index contributed by atoms with van der Waals surface area (Å²) in [6.07, 6.45) is -0.0676. The van der Waals surface area contributed by atoms with Gasteiger partial charge in [-0.15, -0.1) is 0 Å². The summed E-state index contributed by atoms with van der Waals surface area (Å²) in [5.41, 5.74) is 2.89. The molecule has 0 aliphatic heterocycles. The van der Waals surface area contributed by atoms with Crippen molar-refractivity contribution < 1.29 is 19.1 Å². The van der Waals surface area contributed by atoms with Gasteiger partial charge in [-0.2, -0.15) is 5.10 Å². The Hall–Kier alpha value is -3.16. The quantitative estimate of drug-likeness (QED) is 0.722. The Morgan fingerprint density at radius 3 is 2.41 bits per heavy atom. The van der Waals surface area contributed by atoms with Crippen LogP contribution in [0, 0.1) is 13.8 Å². The normalized spacial score (nSPS) is 11.6. The van der Waals surface area contributed by atoms with Crippen molar-refractivity contribution >= 4 is 23.5 Å². The molecule has 1 atom stereocenters. The lowest BCUT2D eigenvalue weighted by Crippen LogP contribution is -2.29. The Kier molecular flexibility index (Phi) is 6.70. The molecule has 1 aromatic heterocycles. The van der Waals surface area contributed by atoms with Crippen LogP contribution in [-0.2, 0) is 26.2 Å². The summed E-state index contributed by atoms with van der Waals surface area (Å²) in [6.45, 7) is 4.59. The van der Waals surface area contributed by atoms with Crippen LogP contribution in [0.5, 0.6) is 0 Å². The lowest BCUT2D eigenvalue weighted by Gasteiger charge is -2.17. The van der Waals surface area contributed by atoms with E-state index in [2.05, 4.69) is 15.7 Å². The minimum atomic E-state index is -0.576. The van der Waals surface area contributed by atoms with Crippen molar-refractivity contribution in [3.63, 3.8) is 0 Å². The summed E-state index contributed by atoms with van der Waals surface area (Å²) in [5, 5.41) is 9.64. The highest BCUT2D eigenvalue weighted by atomic mass is 16.5. The lowest BCUT2D eigenvalue weighted by atomic mass is 10.0. The number of anilines is 1. The van der Waals surface area contributed by atoms with Gasteiger partial charge < -0.3 is 15.4 Å². The van der Waals surface area contributed by atoms with E-state index in [1.54, 1.807) is 18.7 Å². The number of carbonyl (C=O) groups is 3. The number of amides is 2. The second-order valence-corrected chi connectivity index (χ2v) is 6.25. The first-order valence-corrected chi connectivity index (χ1v) is 8.55. The molecule has 0 bridgehead atoms. The number of carbonyl (C=O) groups excluding carboxylic acids is 3. The number of nitrogens with one attached hydrogen (secondary N) is 2. The largest absolute Gasteiger partial charge is 0.455 e. The van der Waals surface area contributed by atoms with Crippen LogP contribution >= 0.6 is 0 Å². The fourth-order valence-electron chi connectivity index (χ4n) is 2.68. The molecule has 144 valence electrons. The van der Waals surface area contributed by atoms with Gasteiger partial charge >= 0.3 is 5.97 Å². The fraction of sp³-hybridized carbons (Fsp3) is 0.368. The van der Waals surface area contributed by atoms with Crippen LogP contribution in [0.3, 0.4) is 0 Å². The highest BCUT2D eigenvalue weighted by molar-refractivity contribution is 5.93. The molecule has 2 amide bonds. The predicted molar refractivity (Wildman–Crippen MR) is 99.9 cm³/mol. The molecule has 0 fully saturated rings. The van der Waals surface area contributed by atoms with Crippen LogP contribution in [0.25, 0.3) is 0 Å². The highest BCUT2D eigenvalue weighted by Gasteiger charge is 2.19. The molecule has 8 heteroatoms. The molecule has 8 nitrogen and oxygen atoms in total. The predicted octanol–water partition coefficient (Wildman–Crippen LogP) is 1.79. The van der Waals surface area contributed by atoms with E-state index >= 15 is 0 Å². The van der Waals surface area contributed by atoms with Gasteiger partial charge in [0.1, 0.15) is 0 Å². The molecule has 1 heterocycles. The number of nitrogens with zero attached hydrogens (tertiary/aromatic N) is 2. The molecule has 1 aromatic carbocycles. The van der Waals surface area contributed by atoms with Crippen molar-refractivity contribution in [1.29, 1.82) is 0 Å². The molecule has 0 spiro atoms. The lowest BCUT2D eigenvalue weighted by molar-refractivity contribution is -0.148. The minimum absolute atomic E-state index is 0.0676. The van der Waals surface area contributed by atoms with Crippen molar-refractivity contribution in [1.82, 2.24) is 15.1 Å². The van der Waals surface area contributed by atoms with Gasteiger partial charge in [-0.25, -0.2) is 0 Å². The van der Waals surface area contributed by atoms with E-state index in [-0.39, 0.29) is 12.3 Å². The topological polar surface area (TPSA) is 102 Å². The Morgan fingerprint density at radius 1 is 1.19 bits per heavy atom. The van der Waals surface area contributed by atoms with E-state index in [0.29, 0.717) is 11.4 Å². The third-order valence-corrected chi connectivity index (χ3v) is 4.09. The van der Waals surface area contributed by atoms with E-state index in [4.69, 9.17) is 4.74 Å². The van der Waals surface area contributed by atoms with Crippen LogP contribution in [0.1, 0.15) is 36.3 Å². The summed E-state index contributed by atoms with van der Waals surface area (Å²) in [5.74, 6) is -1.28. The first kappa shape index (κ1) is 20.2. The monoisotopic (exact) mass is 372 g/mol. The van der Waals surface area contributed by atoms with Crippen molar-refractivity contribution in [3.8, 4) is 0 Å². The van der Waals surface area contributed by atoms with Crippen LogP contribution < -0.4 is 10.6 Å². The number of hydrogen-bond donors (Lipinski definition) is 2. The molecule has 0 aliphatic carbocycles. The molecule has 0 saturated heterocycles. The number of ether oxygens (including phenoxy) is 1. The van der Waals surface area contributed by atoms with Crippen molar-refractivity contribution in [3.05, 3.63) is 47.3 Å². The molecule has 2 N–H and O–H groups in total. The number of benzene rings is 1. The van der Waals surface area contributed by atoms with Gasteiger partial charge in [0.05, 0.1) is 29.5 Å². The van der Waals surface area contributed by atoms with E-state index in [1.807, 2.05) is 37.3 Å². The summed E-state index contributed by atoms with van der Waals surface area (Å²) < 4.78 is 6.73. The van der Waals surface area contributed by atoms with Crippen LogP contribution in [0.15, 0.2) is 30.3 Å². The van der Waals surface area contributed by atoms with Crippen LogP contribution in [-0.4, -0.2) is 34.2 Å². The van der Waals surface area contributed by atoms with E-state index < -0.39 is 24.5 Å². The number of rotatable bonds is 7. The molecule has 0 saturated carbocycles. The maximum absolute atomic E-state index is 12.1. The standard InChI is InChI=1S/C19H24N4O4/c1-12-19(13(2)23(4)22-12)21-17(25)11-27-18(26)10-16(20-14(3)24)15-8-6-5-7-9-15/h5-9,16H,10-11H2,1-4H3,(H,20,24)(H,21,25)/t16-/m0/s1. The summed E-state index contributed by atoms with van der Waals surface area (Å²) in [4.78, 5) is 35.6. The zero-order valence-corrected chi connectivity index (χ0v) is 15.9. The van der Waals surface area contributed by atoms with E-state index in [1.165, 1.54) is 6.92 Å². The molecule has 27 heavy (non-hydrogen) atoms. The maximum Gasteiger partial charge on any atom is 0.308 e. The van der Waals surface area contributed by atoms with Gasteiger partial charge in [0.25, 0.3) is 5.91 Å². The molecule has 0 radical (unpaired) electrons. The first-order chi connectivity index (χ1) is 12.8. The minimum Gasteiger partial charge on any atom is -0.455 e. The third kappa shape index (κ3) is 5.67. The molecular weight excluding hydrogens is 348 g/mol. The summed E-state index contributed by atoms with van der Waals surface area (Å²) >= 11 is 0. The van der Waals surface area contributed by atoms with Gasteiger partial charge in [-0.3, -0.25) is 19.1 Å². The Balaban J connectivity index is 1.91. The number of aryl methyl sites for hydroxylation is 2. The average Bonchev–Trinajstić information content (AvgIpc) is 2.86. The van der Waals surface area contributed by atoms with Gasteiger partial charge in [0.15, 0.2) is 6.61 Å². The summed E-state index contributed by atoms with van der Waals surface area (Å²) in [7, 11) is 1.78. The zero-order valence-electron chi connectivity index (χ0n) is 15.9. The van der Waals surface area contributed by atoms with Crippen LogP contribution in [0.2, 0.25) is 0 Å². The van der Waals surface area contributed by atoms with Crippen molar-refractivity contribution in [2.45, 2.75) is 33.2 Å². The van der Waals surface area contributed by atoms with Gasteiger partial charge in [0, 0.05) is 14.0 Å². The Labute approximate surface area is 157 Å². The van der Waals surface area contributed by atoms with Crippen LogP contribution in [0.4, 0.5) is 5.69 Å². The molecule has 2 rings (SSSR count). The fourth-order valence-corrected chi connectivity index (χ4v) is 2.68. The Bertz CT molecular complexity index is 830. The second kappa shape index (κ2) is 8.98. The number of esters is 1. The average molecular weight is 372 g/mol. The molecule has 0 aliphatic rings. The first-order valence-electron chi connectivity index (χ1n) is 8.55. The number of hydrogen-bond acceptors (Lipinski definition) is 5. The zero-order chi connectivity index (χ0) is 20.0. The van der Waals surface area contributed by atoms with Crippen molar-refractivity contribution in [2.24, 2.45) is 7.05 Å². The van der Waals surface area contributed by atoms with Crippen molar-refractivity contribution in [2.75, 3.05) is 11.9 Å². The second-order valence-electron chi connectivity index (χ2n) is 6.25. The van der Waals surface area contributed by atoms with E-state index in [9.17, 15) is 14.4 Å². The smallest absolute Gasteiger partial charge is 0.308 e. The van der Waals surface area contributed by atoms with Gasteiger partial charge in [-0.1, -0.05) is 30.3 Å². The third-order valence-electron chi connectivity index (χ3n) is 4.09. The van der Waals surface area contributed by atoms with Gasteiger partial charge in [0.2, 0.25) is 5.91 Å². The maximum atomic E-state index is 12.1. The number of aromatic nitrogens is 2. The summed E-state index contributed by atoms with van der Waals surface area (Å²) in [6, 6.07) is 8.60. The SMILES string of the molecule is CC(=O)N[C@@H](CC(=O)OCC(=O)Nc1c(C)nn(C)c1C)c1ccccc1. The molecule has 2 aromatic rings. The van der Waals surface area contributed by atoms with E-state index in [0.717, 1.165) is 11.3 Å². The highest BCUT2D eigenvalue weighted by Crippen LogP contribution is 2.19.